The highest BCUT2D eigenvalue weighted by Gasteiger charge is 2.09. The summed E-state index contributed by atoms with van der Waals surface area (Å²) in [5.41, 5.74) is 3.64. The molecule has 0 saturated carbocycles. The van der Waals surface area contributed by atoms with E-state index in [1.807, 2.05) is 18.2 Å². The lowest BCUT2D eigenvalue weighted by Crippen LogP contribution is -2.35. The largest absolute Gasteiger partial charge is 0.493 e. The molecule has 0 aliphatic heterocycles. The molecule has 0 aliphatic carbocycles. The number of nitrogens with zero attached hydrogens (tertiary/aromatic N) is 1. The van der Waals surface area contributed by atoms with Crippen LogP contribution in [0.2, 0.25) is 5.02 Å². The van der Waals surface area contributed by atoms with E-state index in [1.165, 1.54) is 20.4 Å². The minimum atomic E-state index is -0.851. The van der Waals surface area contributed by atoms with E-state index in [2.05, 4.69) is 15.8 Å². The number of ether oxygens (including phenoxy) is 2. The van der Waals surface area contributed by atoms with Gasteiger partial charge in [-0.1, -0.05) is 29.8 Å². The molecule has 0 fully saturated rings. The fraction of sp³-hybridized carbons (Fsp3) is 0.167. The maximum absolute atomic E-state index is 11.3. The summed E-state index contributed by atoms with van der Waals surface area (Å²) >= 11 is 6.11. The number of likely N-dealkylation sites (N-methyl/N-ethyl adjacent to an activating group) is 1. The van der Waals surface area contributed by atoms with Crippen LogP contribution in [-0.2, 0) is 16.2 Å². The van der Waals surface area contributed by atoms with Crippen molar-refractivity contribution in [3.8, 4) is 11.5 Å². The van der Waals surface area contributed by atoms with E-state index in [9.17, 15) is 9.59 Å². The second-order valence-corrected chi connectivity index (χ2v) is 5.48. The van der Waals surface area contributed by atoms with Crippen molar-refractivity contribution in [2.24, 2.45) is 5.10 Å². The molecule has 2 amide bonds. The summed E-state index contributed by atoms with van der Waals surface area (Å²) in [6, 6.07) is 12.6. The molecule has 26 heavy (non-hydrogen) atoms. The minimum absolute atomic E-state index is 0.297. The number of methoxy groups -OCH3 is 1. The van der Waals surface area contributed by atoms with Crippen molar-refractivity contribution in [2.45, 2.75) is 6.61 Å². The molecular weight excluding hydrogens is 358 g/mol. The first-order valence-corrected chi connectivity index (χ1v) is 8.02. The molecule has 0 saturated heterocycles. The molecule has 0 aromatic heterocycles. The molecule has 0 atom stereocenters. The lowest BCUT2D eigenvalue weighted by atomic mass is 10.2. The fourth-order valence-electron chi connectivity index (χ4n) is 1.98. The number of hydrazone groups is 1. The van der Waals surface area contributed by atoms with Crippen LogP contribution in [0.5, 0.6) is 11.5 Å². The number of hydrogen-bond donors (Lipinski definition) is 2. The summed E-state index contributed by atoms with van der Waals surface area (Å²) in [4.78, 5) is 22.4. The van der Waals surface area contributed by atoms with Gasteiger partial charge in [0.1, 0.15) is 6.61 Å². The first-order valence-electron chi connectivity index (χ1n) is 7.64. The van der Waals surface area contributed by atoms with Gasteiger partial charge in [0.15, 0.2) is 11.5 Å². The van der Waals surface area contributed by atoms with E-state index in [0.29, 0.717) is 28.7 Å². The smallest absolute Gasteiger partial charge is 0.329 e. The number of nitrogens with one attached hydrogen (secondary N) is 2. The van der Waals surface area contributed by atoms with Gasteiger partial charge in [-0.25, -0.2) is 5.43 Å². The molecule has 2 aromatic carbocycles. The van der Waals surface area contributed by atoms with E-state index in [-0.39, 0.29) is 0 Å². The van der Waals surface area contributed by atoms with Crippen LogP contribution in [-0.4, -0.2) is 32.2 Å². The van der Waals surface area contributed by atoms with Crippen LogP contribution < -0.4 is 20.2 Å². The standard InChI is InChI=1S/C18H18ClN3O4/c1-20-17(23)18(24)22-21-10-12-7-8-15(16(9-12)25-2)26-11-13-5-3-4-6-14(13)19/h3-10H,11H2,1-2H3,(H,20,23)(H,22,24). The molecule has 0 aliphatic rings. The van der Waals surface area contributed by atoms with Crippen molar-refractivity contribution in [2.75, 3.05) is 14.2 Å². The molecule has 2 rings (SSSR count). The van der Waals surface area contributed by atoms with Crippen molar-refractivity contribution in [1.29, 1.82) is 0 Å². The number of carbonyl (C=O) groups excluding carboxylic acids is 2. The van der Waals surface area contributed by atoms with Crippen LogP contribution >= 0.6 is 11.6 Å². The lowest BCUT2D eigenvalue weighted by molar-refractivity contribution is -0.138. The molecule has 0 spiro atoms. The summed E-state index contributed by atoms with van der Waals surface area (Å²) in [5.74, 6) is -0.587. The lowest BCUT2D eigenvalue weighted by Gasteiger charge is -2.12. The quantitative estimate of drug-likeness (QED) is 0.460. The van der Waals surface area contributed by atoms with Gasteiger partial charge in [-0.15, -0.1) is 0 Å². The second kappa shape index (κ2) is 9.43. The Bertz CT molecular complexity index is 824. The summed E-state index contributed by atoms with van der Waals surface area (Å²) in [6.45, 7) is 0.297. The van der Waals surface area contributed by atoms with Gasteiger partial charge in [-0.05, 0) is 29.8 Å². The van der Waals surface area contributed by atoms with Gasteiger partial charge in [0.25, 0.3) is 0 Å². The van der Waals surface area contributed by atoms with Gasteiger partial charge in [0, 0.05) is 17.6 Å². The highest BCUT2D eigenvalue weighted by atomic mass is 35.5. The van der Waals surface area contributed by atoms with Gasteiger partial charge in [-0.3, -0.25) is 9.59 Å². The van der Waals surface area contributed by atoms with E-state index < -0.39 is 11.8 Å². The van der Waals surface area contributed by atoms with Crippen molar-refractivity contribution in [1.82, 2.24) is 10.7 Å². The van der Waals surface area contributed by atoms with Gasteiger partial charge in [-0.2, -0.15) is 5.10 Å². The molecule has 2 aromatic rings. The summed E-state index contributed by atoms with van der Waals surface area (Å²) < 4.78 is 11.1. The Hall–Kier alpha value is -3.06. The maximum atomic E-state index is 11.3. The van der Waals surface area contributed by atoms with E-state index >= 15 is 0 Å². The third-order valence-corrected chi connectivity index (χ3v) is 3.71. The third-order valence-electron chi connectivity index (χ3n) is 3.34. The summed E-state index contributed by atoms with van der Waals surface area (Å²) in [5, 5.41) is 6.55. The maximum Gasteiger partial charge on any atom is 0.329 e. The number of halogens is 1. The molecule has 2 N–H and O–H groups in total. The molecule has 0 heterocycles. The third kappa shape index (κ3) is 5.22. The Morgan fingerprint density at radius 3 is 2.62 bits per heavy atom. The average molecular weight is 376 g/mol. The highest BCUT2D eigenvalue weighted by Crippen LogP contribution is 2.29. The van der Waals surface area contributed by atoms with E-state index in [4.69, 9.17) is 21.1 Å². The first-order chi connectivity index (χ1) is 12.5. The Morgan fingerprint density at radius 2 is 1.92 bits per heavy atom. The summed E-state index contributed by atoms with van der Waals surface area (Å²) in [6.07, 6.45) is 1.39. The van der Waals surface area contributed by atoms with Crippen LogP contribution in [0.4, 0.5) is 0 Å². The minimum Gasteiger partial charge on any atom is -0.493 e. The Labute approximate surface area is 155 Å². The predicted octanol–water partition coefficient (Wildman–Crippen LogP) is 2.12. The van der Waals surface area contributed by atoms with Gasteiger partial charge in [0.05, 0.1) is 13.3 Å². The number of rotatable bonds is 6. The zero-order valence-electron chi connectivity index (χ0n) is 14.3. The molecule has 0 unspecified atom stereocenters. The number of amides is 2. The Balaban J connectivity index is 2.03. The fourth-order valence-corrected chi connectivity index (χ4v) is 2.17. The number of benzene rings is 2. The highest BCUT2D eigenvalue weighted by molar-refractivity contribution is 6.35. The zero-order valence-corrected chi connectivity index (χ0v) is 15.0. The normalized spacial score (nSPS) is 10.4. The number of hydrogen-bond acceptors (Lipinski definition) is 5. The van der Waals surface area contributed by atoms with Crippen LogP contribution in [0, 0.1) is 0 Å². The van der Waals surface area contributed by atoms with Crippen LogP contribution in [0.1, 0.15) is 11.1 Å². The average Bonchev–Trinajstić information content (AvgIpc) is 2.67. The zero-order chi connectivity index (χ0) is 18.9. The number of carbonyl (C=O) groups is 2. The molecule has 0 bridgehead atoms. The first kappa shape index (κ1) is 19.3. The Morgan fingerprint density at radius 1 is 1.15 bits per heavy atom. The molecule has 136 valence electrons. The SMILES string of the molecule is CNC(=O)C(=O)NN=Cc1ccc(OCc2ccccc2Cl)c(OC)c1. The predicted molar refractivity (Wildman–Crippen MR) is 98.6 cm³/mol. The van der Waals surface area contributed by atoms with Crippen LogP contribution in [0.15, 0.2) is 47.6 Å². The van der Waals surface area contributed by atoms with Crippen molar-refractivity contribution < 1.29 is 19.1 Å². The van der Waals surface area contributed by atoms with Crippen LogP contribution in [0.25, 0.3) is 0 Å². The molecule has 8 heteroatoms. The topological polar surface area (TPSA) is 89.0 Å². The summed E-state index contributed by atoms with van der Waals surface area (Å²) in [7, 11) is 2.88. The van der Waals surface area contributed by atoms with Crippen LogP contribution in [0.3, 0.4) is 0 Å². The van der Waals surface area contributed by atoms with E-state index in [1.54, 1.807) is 24.3 Å². The van der Waals surface area contributed by atoms with Gasteiger partial charge >= 0.3 is 11.8 Å². The van der Waals surface area contributed by atoms with Crippen molar-refractivity contribution in [3.05, 3.63) is 58.6 Å². The Kier molecular flexibility index (Phi) is 6.99. The molecule has 0 radical (unpaired) electrons. The molecule has 7 nitrogen and oxygen atoms in total. The van der Waals surface area contributed by atoms with E-state index in [0.717, 1.165) is 5.56 Å². The second-order valence-electron chi connectivity index (χ2n) is 5.07. The van der Waals surface area contributed by atoms with Crippen molar-refractivity contribution >= 4 is 29.6 Å². The molecular formula is C18H18ClN3O4. The van der Waals surface area contributed by atoms with Gasteiger partial charge < -0.3 is 14.8 Å². The van der Waals surface area contributed by atoms with Crippen molar-refractivity contribution in [3.63, 3.8) is 0 Å². The monoisotopic (exact) mass is 375 g/mol. The van der Waals surface area contributed by atoms with Gasteiger partial charge in [0.2, 0.25) is 0 Å².